The molecule has 0 saturated heterocycles. The smallest absolute Gasteiger partial charge is 0.230 e. The predicted molar refractivity (Wildman–Crippen MR) is 112 cm³/mol. The minimum Gasteiger partial charge on any atom is -0.496 e. The fourth-order valence-corrected chi connectivity index (χ4v) is 3.93. The van der Waals surface area contributed by atoms with Crippen molar-refractivity contribution in [1.29, 1.82) is 5.26 Å². The molecule has 1 atom stereocenters. The van der Waals surface area contributed by atoms with E-state index in [9.17, 15) is 8.60 Å². The van der Waals surface area contributed by atoms with Crippen molar-refractivity contribution in [2.24, 2.45) is 4.36 Å². The van der Waals surface area contributed by atoms with Crippen molar-refractivity contribution in [2.45, 2.75) is 12.7 Å². The van der Waals surface area contributed by atoms with Gasteiger partial charge in [0.2, 0.25) is 12.1 Å². The Balaban J connectivity index is 1.91. The number of anilines is 2. The molecule has 0 aliphatic carbocycles. The minimum atomic E-state index is -2.64. The van der Waals surface area contributed by atoms with Crippen molar-refractivity contribution in [3.05, 3.63) is 59.7 Å². The Morgan fingerprint density at radius 1 is 1.27 bits per heavy atom. The van der Waals surface area contributed by atoms with Gasteiger partial charge in [-0.05, 0) is 42.3 Å². The number of aromatic nitrogens is 3. The summed E-state index contributed by atoms with van der Waals surface area (Å²) in [5.74, 6) is 0.630. The molecule has 2 aromatic carbocycles. The number of aryl methyl sites for hydroxylation is 1. The Bertz CT molecular complexity index is 1250. The fourth-order valence-electron chi connectivity index (χ4n) is 2.91. The zero-order chi connectivity index (χ0) is 21.7. The Hall–Kier alpha value is -3.58. The Morgan fingerprint density at radius 2 is 2.07 bits per heavy atom. The maximum absolute atomic E-state index is 13.5. The molecular weight excluding hydrogens is 407 g/mol. The number of nitriles is 1. The van der Waals surface area contributed by atoms with Crippen molar-refractivity contribution in [1.82, 2.24) is 15.0 Å². The van der Waals surface area contributed by atoms with Crippen LogP contribution in [0.4, 0.5) is 16.0 Å². The summed E-state index contributed by atoms with van der Waals surface area (Å²) < 4.78 is 34.5. The normalized spacial score (nSPS) is 12.5. The maximum atomic E-state index is 13.5. The second-order valence-electron chi connectivity index (χ2n) is 6.60. The molecule has 0 aliphatic heterocycles. The van der Waals surface area contributed by atoms with Gasteiger partial charge in [-0.1, -0.05) is 6.07 Å². The highest BCUT2D eigenvalue weighted by atomic mass is 32.2. The topological polar surface area (TPSA) is 113 Å². The number of rotatable bonds is 6. The van der Waals surface area contributed by atoms with E-state index in [0.717, 1.165) is 11.1 Å². The summed E-state index contributed by atoms with van der Waals surface area (Å²) in [4.78, 5) is 12.7. The molecule has 30 heavy (non-hydrogen) atoms. The third kappa shape index (κ3) is 5.27. The first-order valence-electron chi connectivity index (χ1n) is 8.78. The molecule has 1 aromatic heterocycles. The molecule has 154 valence electrons. The van der Waals surface area contributed by atoms with E-state index >= 15 is 0 Å². The molecule has 0 radical (unpaired) electrons. The Morgan fingerprint density at radius 3 is 2.80 bits per heavy atom. The lowest BCUT2D eigenvalue weighted by Crippen LogP contribution is -2.04. The number of benzene rings is 2. The highest BCUT2D eigenvalue weighted by molar-refractivity contribution is 7.92. The zero-order valence-electron chi connectivity index (χ0n) is 16.6. The number of hydrogen-bond donors (Lipinski definition) is 1. The Labute approximate surface area is 174 Å². The van der Waals surface area contributed by atoms with Crippen molar-refractivity contribution in [3.63, 3.8) is 0 Å². The number of nitrogens with zero attached hydrogens (tertiary/aromatic N) is 5. The first kappa shape index (κ1) is 21.1. The first-order valence-corrected chi connectivity index (χ1v) is 10.9. The summed E-state index contributed by atoms with van der Waals surface area (Å²) in [7, 11) is -1.20. The third-order valence-corrected chi connectivity index (χ3v) is 5.37. The average Bonchev–Trinajstić information content (AvgIpc) is 2.67. The van der Waals surface area contributed by atoms with E-state index in [1.54, 1.807) is 12.3 Å². The summed E-state index contributed by atoms with van der Waals surface area (Å²) in [5.41, 5.74) is 2.90. The first-order chi connectivity index (χ1) is 14.3. The SMILES string of the molecule is COc1cc(F)ccc1-c1ncnc(Nc2cc(C)cc(CS(C)(=O)=NC#N)c2)n1. The monoisotopic (exact) mass is 426 g/mol. The maximum Gasteiger partial charge on any atom is 0.230 e. The number of hydrogen-bond acceptors (Lipinski definition) is 8. The summed E-state index contributed by atoms with van der Waals surface area (Å²) in [5, 5.41) is 11.8. The van der Waals surface area contributed by atoms with Crippen molar-refractivity contribution < 1.29 is 13.3 Å². The van der Waals surface area contributed by atoms with Crippen molar-refractivity contribution in [2.75, 3.05) is 18.7 Å². The van der Waals surface area contributed by atoms with E-state index in [4.69, 9.17) is 10.00 Å². The highest BCUT2D eigenvalue weighted by Crippen LogP contribution is 2.28. The summed E-state index contributed by atoms with van der Waals surface area (Å²) in [6.07, 6.45) is 4.39. The van der Waals surface area contributed by atoms with Gasteiger partial charge in [0.05, 0.1) is 28.2 Å². The van der Waals surface area contributed by atoms with Gasteiger partial charge in [-0.15, -0.1) is 4.36 Å². The van der Waals surface area contributed by atoms with Crippen LogP contribution in [0.15, 0.2) is 47.1 Å². The largest absolute Gasteiger partial charge is 0.496 e. The van der Waals surface area contributed by atoms with E-state index in [1.807, 2.05) is 19.1 Å². The summed E-state index contributed by atoms with van der Waals surface area (Å²) in [6, 6.07) is 9.65. The van der Waals surface area contributed by atoms with Crippen LogP contribution in [0.5, 0.6) is 5.75 Å². The van der Waals surface area contributed by atoms with Crippen LogP contribution in [0.2, 0.25) is 0 Å². The molecule has 8 nitrogen and oxygen atoms in total. The lowest BCUT2D eigenvalue weighted by Gasteiger charge is -2.11. The molecule has 1 unspecified atom stereocenters. The van der Waals surface area contributed by atoms with Gasteiger partial charge in [-0.25, -0.2) is 18.6 Å². The van der Waals surface area contributed by atoms with Gasteiger partial charge in [0.25, 0.3) is 0 Å². The second-order valence-corrected chi connectivity index (χ2v) is 8.99. The van der Waals surface area contributed by atoms with Crippen LogP contribution in [0.1, 0.15) is 11.1 Å². The van der Waals surface area contributed by atoms with Crippen LogP contribution in [-0.4, -0.2) is 32.5 Å². The number of methoxy groups -OCH3 is 1. The van der Waals surface area contributed by atoms with Gasteiger partial charge in [-0.2, -0.15) is 10.2 Å². The molecule has 0 bridgehead atoms. The quantitative estimate of drug-likeness (QED) is 0.596. The molecular formula is C20H19FN6O2S. The number of halogens is 1. The van der Waals surface area contributed by atoms with E-state index in [2.05, 4.69) is 24.6 Å². The summed E-state index contributed by atoms with van der Waals surface area (Å²) >= 11 is 0. The van der Waals surface area contributed by atoms with Gasteiger partial charge in [-0.3, -0.25) is 0 Å². The number of nitrogens with one attached hydrogen (secondary N) is 1. The van der Waals surface area contributed by atoms with Crippen molar-refractivity contribution in [3.8, 4) is 23.3 Å². The van der Waals surface area contributed by atoms with Gasteiger partial charge < -0.3 is 10.1 Å². The number of ether oxygens (including phenoxy) is 1. The van der Waals surface area contributed by atoms with Crippen LogP contribution in [0, 0.1) is 24.2 Å². The second kappa shape index (κ2) is 8.84. The fraction of sp³-hybridized carbons (Fsp3) is 0.200. The van der Waals surface area contributed by atoms with Gasteiger partial charge in [0, 0.05) is 18.0 Å². The van der Waals surface area contributed by atoms with Crippen LogP contribution in [0.25, 0.3) is 11.4 Å². The van der Waals surface area contributed by atoms with E-state index < -0.39 is 15.5 Å². The lowest BCUT2D eigenvalue weighted by molar-refractivity contribution is 0.412. The van der Waals surface area contributed by atoms with Crippen LogP contribution >= 0.6 is 0 Å². The molecule has 10 heteroatoms. The molecule has 0 fully saturated rings. The average molecular weight is 426 g/mol. The molecule has 1 N–H and O–H groups in total. The molecule has 1 heterocycles. The van der Waals surface area contributed by atoms with Crippen LogP contribution in [-0.2, 0) is 15.5 Å². The van der Waals surface area contributed by atoms with Gasteiger partial charge in [0.1, 0.15) is 17.9 Å². The summed E-state index contributed by atoms with van der Waals surface area (Å²) in [6.45, 7) is 1.90. The predicted octanol–water partition coefficient (Wildman–Crippen LogP) is 3.82. The van der Waals surface area contributed by atoms with E-state index in [0.29, 0.717) is 22.8 Å². The molecule has 0 spiro atoms. The van der Waals surface area contributed by atoms with Crippen LogP contribution in [0.3, 0.4) is 0 Å². The lowest BCUT2D eigenvalue weighted by atomic mass is 10.1. The third-order valence-electron chi connectivity index (χ3n) is 4.04. The van der Waals surface area contributed by atoms with E-state index in [1.165, 1.54) is 37.9 Å². The Kier molecular flexibility index (Phi) is 6.23. The zero-order valence-corrected chi connectivity index (χ0v) is 17.4. The van der Waals surface area contributed by atoms with Crippen LogP contribution < -0.4 is 10.1 Å². The van der Waals surface area contributed by atoms with Crippen molar-refractivity contribution >= 4 is 21.4 Å². The molecule has 0 saturated carbocycles. The van der Waals surface area contributed by atoms with Gasteiger partial charge in [0.15, 0.2) is 5.82 Å². The molecule has 3 aromatic rings. The molecule has 0 amide bonds. The molecule has 3 rings (SSSR count). The minimum absolute atomic E-state index is 0.145. The van der Waals surface area contributed by atoms with E-state index in [-0.39, 0.29) is 11.7 Å². The molecule has 0 aliphatic rings. The highest BCUT2D eigenvalue weighted by Gasteiger charge is 2.12. The van der Waals surface area contributed by atoms with Gasteiger partial charge >= 0.3 is 0 Å². The standard InChI is InChI=1S/C20H19FN6O2S/c1-13-6-14(10-30(3,28)25-11-22)8-16(7-13)26-20-24-12-23-19(27-20)17-5-4-15(21)9-18(17)29-2/h4-9,12H,10H2,1-3H3,(H,23,24,26,27).